The van der Waals surface area contributed by atoms with Gasteiger partial charge >= 0.3 is 0 Å². The van der Waals surface area contributed by atoms with Gasteiger partial charge in [0.2, 0.25) is 5.91 Å². The predicted octanol–water partition coefficient (Wildman–Crippen LogP) is 3.40. The Bertz CT molecular complexity index is 818. The number of carbonyl (C=O) groups is 1. The Morgan fingerprint density at radius 2 is 1.90 bits per heavy atom. The first-order chi connectivity index (χ1) is 13.4. The zero-order chi connectivity index (χ0) is 20.1. The zero-order valence-corrected chi connectivity index (χ0v) is 18.1. The van der Waals surface area contributed by atoms with Crippen LogP contribution in [0.2, 0.25) is 0 Å². The third kappa shape index (κ3) is 6.46. The Hall–Kier alpha value is -2.08. The molecule has 0 saturated carbocycles. The van der Waals surface area contributed by atoms with Crippen molar-refractivity contribution in [3.05, 3.63) is 64.7 Å². The van der Waals surface area contributed by atoms with Crippen LogP contribution in [0.15, 0.2) is 42.5 Å². The lowest BCUT2D eigenvalue weighted by Gasteiger charge is -2.32. The Labute approximate surface area is 179 Å². The molecule has 0 atom stereocenters. The third-order valence-electron chi connectivity index (χ3n) is 5.58. The minimum atomic E-state index is -0.359. The fraction of sp³-hybridized carbons (Fsp3) is 0.435. The summed E-state index contributed by atoms with van der Waals surface area (Å²) in [5, 5.41) is 10.0. The number of nitrogens with zero attached hydrogens (tertiary/aromatic N) is 2. The van der Waals surface area contributed by atoms with E-state index >= 15 is 0 Å². The quantitative estimate of drug-likeness (QED) is 0.724. The average Bonchev–Trinajstić information content (AvgIpc) is 2.68. The minimum absolute atomic E-state index is 0. The first-order valence-electron chi connectivity index (χ1n) is 10.00. The number of primary amides is 1. The van der Waals surface area contributed by atoms with Crippen LogP contribution in [0, 0.1) is 0 Å². The summed E-state index contributed by atoms with van der Waals surface area (Å²) in [5.74, 6) is 0.509. The van der Waals surface area contributed by atoms with Crippen LogP contribution in [-0.4, -0.2) is 54.5 Å². The van der Waals surface area contributed by atoms with E-state index in [0.717, 1.165) is 51.0 Å². The van der Waals surface area contributed by atoms with Crippen LogP contribution in [0.5, 0.6) is 5.75 Å². The van der Waals surface area contributed by atoms with Gasteiger partial charge in [-0.25, -0.2) is 0 Å². The summed E-state index contributed by atoms with van der Waals surface area (Å²) in [6, 6.07) is 13.7. The van der Waals surface area contributed by atoms with E-state index in [-0.39, 0.29) is 18.3 Å². The average molecular weight is 418 g/mol. The van der Waals surface area contributed by atoms with E-state index < -0.39 is 0 Å². The number of benzene rings is 2. The van der Waals surface area contributed by atoms with Crippen molar-refractivity contribution in [2.75, 3.05) is 33.7 Å². The van der Waals surface area contributed by atoms with Crippen molar-refractivity contribution >= 4 is 18.3 Å². The number of likely N-dealkylation sites (tertiary alicyclic amines) is 1. The molecule has 0 aromatic heterocycles. The fourth-order valence-corrected chi connectivity index (χ4v) is 3.98. The van der Waals surface area contributed by atoms with E-state index in [1.54, 1.807) is 6.07 Å². The first kappa shape index (κ1) is 23.2. The SMILES string of the molecule is CN(C)Cc1cc(CCN2CCC(c3cccc(C(N)=O)c3)CC2)ccc1O.Cl. The molecule has 3 N–H and O–H groups in total. The van der Waals surface area contributed by atoms with E-state index in [1.807, 2.05) is 38.4 Å². The molecule has 1 fully saturated rings. The predicted molar refractivity (Wildman–Crippen MR) is 120 cm³/mol. The van der Waals surface area contributed by atoms with E-state index in [0.29, 0.717) is 17.2 Å². The topological polar surface area (TPSA) is 69.8 Å². The molecule has 1 heterocycles. The molecule has 5 nitrogen and oxygen atoms in total. The molecule has 0 spiro atoms. The van der Waals surface area contributed by atoms with Crippen LogP contribution < -0.4 is 5.73 Å². The van der Waals surface area contributed by atoms with Crippen molar-refractivity contribution in [3.63, 3.8) is 0 Å². The Morgan fingerprint density at radius 1 is 1.17 bits per heavy atom. The Balaban J connectivity index is 0.00000300. The molecule has 0 aliphatic carbocycles. The van der Waals surface area contributed by atoms with Gasteiger partial charge in [-0.1, -0.05) is 24.3 Å². The molecule has 1 aliphatic heterocycles. The highest BCUT2D eigenvalue weighted by Gasteiger charge is 2.21. The van der Waals surface area contributed by atoms with Gasteiger partial charge < -0.3 is 20.6 Å². The van der Waals surface area contributed by atoms with E-state index in [1.165, 1.54) is 11.1 Å². The van der Waals surface area contributed by atoms with Gasteiger partial charge in [-0.3, -0.25) is 4.79 Å². The maximum absolute atomic E-state index is 11.4. The second kappa shape index (κ2) is 10.6. The van der Waals surface area contributed by atoms with Crippen LogP contribution in [0.1, 0.15) is 45.8 Å². The van der Waals surface area contributed by atoms with E-state index in [4.69, 9.17) is 5.73 Å². The van der Waals surface area contributed by atoms with Gasteiger partial charge in [0.15, 0.2) is 0 Å². The molecule has 1 aliphatic rings. The molecule has 158 valence electrons. The van der Waals surface area contributed by atoms with Crippen molar-refractivity contribution in [3.8, 4) is 5.75 Å². The number of piperidine rings is 1. The number of phenolic OH excluding ortho intramolecular Hbond substituents is 1. The summed E-state index contributed by atoms with van der Waals surface area (Å²) < 4.78 is 0. The first-order valence-corrected chi connectivity index (χ1v) is 10.00. The van der Waals surface area contributed by atoms with Gasteiger partial charge in [-0.2, -0.15) is 0 Å². The highest BCUT2D eigenvalue weighted by Crippen LogP contribution is 2.29. The number of amides is 1. The molecule has 6 heteroatoms. The van der Waals surface area contributed by atoms with Crippen LogP contribution in [0.3, 0.4) is 0 Å². The summed E-state index contributed by atoms with van der Waals surface area (Å²) in [7, 11) is 4.02. The Kier molecular flexibility index (Phi) is 8.50. The standard InChI is InChI=1S/C23H31N3O2.ClH/c1-25(2)16-21-14-17(6-7-22(21)27)8-11-26-12-9-18(10-13-26)19-4-3-5-20(15-19)23(24)28;/h3-7,14-15,18,27H,8-13,16H2,1-2H3,(H2,24,28);1H. The van der Waals surface area contributed by atoms with Crippen LogP contribution >= 0.6 is 12.4 Å². The molecular weight excluding hydrogens is 386 g/mol. The lowest BCUT2D eigenvalue weighted by Crippen LogP contribution is -2.34. The number of carbonyl (C=O) groups excluding carboxylic acids is 1. The number of rotatable bonds is 7. The molecule has 0 radical (unpaired) electrons. The third-order valence-corrected chi connectivity index (χ3v) is 5.58. The van der Waals surface area contributed by atoms with Crippen molar-refractivity contribution in [2.45, 2.75) is 31.7 Å². The molecule has 0 unspecified atom stereocenters. The van der Waals surface area contributed by atoms with Crippen molar-refractivity contribution < 1.29 is 9.90 Å². The van der Waals surface area contributed by atoms with Gasteiger partial charge in [-0.05, 0) is 81.7 Å². The fourth-order valence-electron chi connectivity index (χ4n) is 3.98. The number of phenols is 1. The van der Waals surface area contributed by atoms with Crippen LogP contribution in [-0.2, 0) is 13.0 Å². The summed E-state index contributed by atoms with van der Waals surface area (Å²) in [6.45, 7) is 3.90. The Morgan fingerprint density at radius 3 is 2.55 bits per heavy atom. The number of aromatic hydroxyl groups is 1. The highest BCUT2D eigenvalue weighted by molar-refractivity contribution is 5.92. The minimum Gasteiger partial charge on any atom is -0.508 e. The summed E-state index contributed by atoms with van der Waals surface area (Å²) in [5.41, 5.74) is 9.48. The number of hydrogen-bond donors (Lipinski definition) is 2. The maximum atomic E-state index is 11.4. The van der Waals surface area contributed by atoms with Gasteiger partial charge in [0.05, 0.1) is 0 Å². The smallest absolute Gasteiger partial charge is 0.248 e. The molecule has 1 amide bonds. The van der Waals surface area contributed by atoms with Gasteiger partial charge in [0, 0.05) is 24.2 Å². The zero-order valence-electron chi connectivity index (χ0n) is 17.3. The summed E-state index contributed by atoms with van der Waals surface area (Å²) >= 11 is 0. The second-order valence-corrected chi connectivity index (χ2v) is 8.06. The second-order valence-electron chi connectivity index (χ2n) is 8.06. The molecule has 1 saturated heterocycles. The molecular formula is C23H32ClN3O2. The number of nitrogens with two attached hydrogens (primary N) is 1. The van der Waals surface area contributed by atoms with Gasteiger partial charge in [0.1, 0.15) is 5.75 Å². The lowest BCUT2D eigenvalue weighted by atomic mass is 9.88. The van der Waals surface area contributed by atoms with Gasteiger partial charge in [-0.15, -0.1) is 12.4 Å². The van der Waals surface area contributed by atoms with E-state index in [9.17, 15) is 9.90 Å². The molecule has 29 heavy (non-hydrogen) atoms. The van der Waals surface area contributed by atoms with Crippen molar-refractivity contribution in [1.82, 2.24) is 9.80 Å². The van der Waals surface area contributed by atoms with Crippen molar-refractivity contribution in [2.24, 2.45) is 5.73 Å². The molecule has 3 rings (SSSR count). The number of hydrogen-bond acceptors (Lipinski definition) is 4. The van der Waals surface area contributed by atoms with Crippen LogP contribution in [0.4, 0.5) is 0 Å². The maximum Gasteiger partial charge on any atom is 0.248 e. The molecule has 2 aromatic rings. The number of halogens is 1. The van der Waals surface area contributed by atoms with Crippen molar-refractivity contribution in [1.29, 1.82) is 0 Å². The van der Waals surface area contributed by atoms with Crippen LogP contribution in [0.25, 0.3) is 0 Å². The summed E-state index contributed by atoms with van der Waals surface area (Å²) in [6.07, 6.45) is 3.19. The van der Waals surface area contributed by atoms with Gasteiger partial charge in [0.25, 0.3) is 0 Å². The molecule has 2 aromatic carbocycles. The highest BCUT2D eigenvalue weighted by atomic mass is 35.5. The summed E-state index contributed by atoms with van der Waals surface area (Å²) in [4.78, 5) is 16.0. The lowest BCUT2D eigenvalue weighted by molar-refractivity contribution is 0.1000. The molecule has 0 bridgehead atoms. The monoisotopic (exact) mass is 417 g/mol. The van der Waals surface area contributed by atoms with E-state index in [2.05, 4.69) is 21.9 Å². The largest absolute Gasteiger partial charge is 0.508 e. The normalized spacial score (nSPS) is 15.3.